The molecule has 0 bridgehead atoms. The Hall–Kier alpha value is -3.51. The van der Waals surface area contributed by atoms with Gasteiger partial charge in [-0.1, -0.05) is 12.5 Å². The number of nitrogens with one attached hydrogen (secondary N) is 1. The van der Waals surface area contributed by atoms with Crippen LogP contribution in [0.4, 0.5) is 11.4 Å². The number of esters is 1. The monoisotopic (exact) mass is 477 g/mol. The number of amides is 1. The predicted octanol–water partition coefficient (Wildman–Crippen LogP) is 2.57. The zero-order chi connectivity index (χ0) is 24.0. The fourth-order valence-electron chi connectivity index (χ4n) is 3.34. The normalized spacial score (nSPS) is 14.3. The molecular weight excluding hydrogens is 454 g/mol. The molecule has 0 atom stereocenters. The van der Waals surface area contributed by atoms with E-state index in [4.69, 9.17) is 9.47 Å². The number of hydrogen-bond donors (Lipinski definition) is 1. The van der Waals surface area contributed by atoms with Crippen LogP contribution in [0, 0.1) is 10.1 Å². The minimum absolute atomic E-state index is 0.00574. The molecule has 1 saturated heterocycles. The lowest BCUT2D eigenvalue weighted by Gasteiger charge is -2.25. The van der Waals surface area contributed by atoms with Crippen molar-refractivity contribution in [3.63, 3.8) is 0 Å². The number of nitro benzene ring substituents is 1. The molecule has 1 amide bonds. The van der Waals surface area contributed by atoms with E-state index in [2.05, 4.69) is 5.32 Å². The van der Waals surface area contributed by atoms with Gasteiger partial charge in [0.05, 0.1) is 34.2 Å². The molecule has 11 nitrogen and oxygen atoms in total. The highest BCUT2D eigenvalue weighted by Gasteiger charge is 2.26. The van der Waals surface area contributed by atoms with Gasteiger partial charge in [-0.2, -0.15) is 4.31 Å². The van der Waals surface area contributed by atoms with Gasteiger partial charge in [-0.15, -0.1) is 0 Å². The molecule has 3 rings (SSSR count). The van der Waals surface area contributed by atoms with E-state index in [9.17, 15) is 28.1 Å². The van der Waals surface area contributed by atoms with E-state index < -0.39 is 33.4 Å². The SMILES string of the molecule is COc1cc([N+](=O)[O-])ccc1NC(=O)COC(=O)c1cccc(S(=O)(=O)N2CCCCC2)c1. The largest absolute Gasteiger partial charge is 0.494 e. The summed E-state index contributed by atoms with van der Waals surface area (Å²) >= 11 is 0. The summed E-state index contributed by atoms with van der Waals surface area (Å²) < 4.78 is 37.1. The molecule has 0 saturated carbocycles. The van der Waals surface area contributed by atoms with E-state index >= 15 is 0 Å². The zero-order valence-corrected chi connectivity index (χ0v) is 18.7. The number of sulfonamides is 1. The first-order chi connectivity index (χ1) is 15.7. The number of methoxy groups -OCH3 is 1. The molecule has 1 heterocycles. The fraction of sp³-hybridized carbons (Fsp3) is 0.333. The zero-order valence-electron chi connectivity index (χ0n) is 17.9. The summed E-state index contributed by atoms with van der Waals surface area (Å²) in [4.78, 5) is 34.8. The van der Waals surface area contributed by atoms with Crippen molar-refractivity contribution >= 4 is 33.3 Å². The molecule has 0 radical (unpaired) electrons. The lowest BCUT2D eigenvalue weighted by atomic mass is 10.2. The first-order valence-electron chi connectivity index (χ1n) is 10.1. The Kier molecular flexibility index (Phi) is 7.61. The molecule has 0 aliphatic carbocycles. The predicted molar refractivity (Wildman–Crippen MR) is 118 cm³/mol. The number of piperidine rings is 1. The minimum atomic E-state index is -3.72. The van der Waals surface area contributed by atoms with Crippen LogP contribution < -0.4 is 10.1 Å². The lowest BCUT2D eigenvalue weighted by molar-refractivity contribution is -0.384. The van der Waals surface area contributed by atoms with Gasteiger partial charge in [-0.05, 0) is 37.1 Å². The molecule has 0 aromatic heterocycles. The van der Waals surface area contributed by atoms with Gasteiger partial charge in [0.2, 0.25) is 10.0 Å². The number of rotatable bonds is 8. The Morgan fingerprint density at radius 1 is 1.12 bits per heavy atom. The quantitative estimate of drug-likeness (QED) is 0.347. The molecule has 0 spiro atoms. The summed E-state index contributed by atoms with van der Waals surface area (Å²) in [5, 5.41) is 13.3. The van der Waals surface area contributed by atoms with E-state index in [-0.39, 0.29) is 27.6 Å². The minimum Gasteiger partial charge on any atom is -0.494 e. The summed E-state index contributed by atoms with van der Waals surface area (Å²) in [6, 6.07) is 9.11. The van der Waals surface area contributed by atoms with Crippen LogP contribution >= 0.6 is 0 Å². The van der Waals surface area contributed by atoms with Crippen molar-refractivity contribution in [3.8, 4) is 5.75 Å². The highest BCUT2D eigenvalue weighted by atomic mass is 32.2. The molecular formula is C21H23N3O8S. The second kappa shape index (κ2) is 10.4. The van der Waals surface area contributed by atoms with Gasteiger partial charge in [0.25, 0.3) is 11.6 Å². The topological polar surface area (TPSA) is 145 Å². The molecule has 0 unspecified atom stereocenters. The van der Waals surface area contributed by atoms with Gasteiger partial charge in [-0.25, -0.2) is 13.2 Å². The maximum atomic E-state index is 12.8. The fourth-order valence-corrected chi connectivity index (χ4v) is 4.90. The highest BCUT2D eigenvalue weighted by Crippen LogP contribution is 2.29. The first kappa shape index (κ1) is 24.1. The maximum absolute atomic E-state index is 12.8. The lowest BCUT2D eigenvalue weighted by Crippen LogP contribution is -2.35. The maximum Gasteiger partial charge on any atom is 0.338 e. The Morgan fingerprint density at radius 2 is 1.85 bits per heavy atom. The van der Waals surface area contributed by atoms with Crippen LogP contribution in [0.25, 0.3) is 0 Å². The van der Waals surface area contributed by atoms with E-state index in [1.165, 1.54) is 47.8 Å². The highest BCUT2D eigenvalue weighted by molar-refractivity contribution is 7.89. The summed E-state index contributed by atoms with van der Waals surface area (Å²) in [6.45, 7) is 0.217. The number of anilines is 1. The van der Waals surface area contributed by atoms with Crippen LogP contribution in [0.5, 0.6) is 5.75 Å². The van der Waals surface area contributed by atoms with Crippen LogP contribution in [-0.2, 0) is 19.6 Å². The third-order valence-electron chi connectivity index (χ3n) is 5.03. The van der Waals surface area contributed by atoms with Crippen LogP contribution in [0.1, 0.15) is 29.6 Å². The number of non-ortho nitro benzene ring substituents is 1. The Bertz CT molecular complexity index is 1160. The van der Waals surface area contributed by atoms with Crippen molar-refractivity contribution in [2.24, 2.45) is 0 Å². The number of hydrogen-bond acceptors (Lipinski definition) is 8. The third kappa shape index (κ3) is 5.84. The average Bonchev–Trinajstić information content (AvgIpc) is 2.83. The molecule has 2 aromatic carbocycles. The number of ether oxygens (including phenoxy) is 2. The van der Waals surface area contributed by atoms with Crippen molar-refractivity contribution < 1.29 is 32.4 Å². The molecule has 1 aliphatic rings. The number of nitro groups is 1. The molecule has 1 N–H and O–H groups in total. The van der Waals surface area contributed by atoms with Crippen LogP contribution in [0.15, 0.2) is 47.4 Å². The van der Waals surface area contributed by atoms with Crippen molar-refractivity contribution in [2.45, 2.75) is 24.2 Å². The Morgan fingerprint density at radius 3 is 2.52 bits per heavy atom. The number of nitrogens with zero attached hydrogens (tertiary/aromatic N) is 2. The second-order valence-electron chi connectivity index (χ2n) is 7.26. The van der Waals surface area contributed by atoms with E-state index in [1.54, 1.807) is 0 Å². The molecule has 33 heavy (non-hydrogen) atoms. The molecule has 12 heteroatoms. The van der Waals surface area contributed by atoms with Crippen molar-refractivity contribution in [1.29, 1.82) is 0 Å². The van der Waals surface area contributed by atoms with Gasteiger partial charge < -0.3 is 14.8 Å². The molecule has 1 aliphatic heterocycles. The van der Waals surface area contributed by atoms with Crippen LogP contribution in [0.2, 0.25) is 0 Å². The second-order valence-corrected chi connectivity index (χ2v) is 9.20. The summed E-state index contributed by atoms with van der Waals surface area (Å²) in [7, 11) is -2.43. The van der Waals surface area contributed by atoms with Gasteiger partial charge in [0, 0.05) is 19.2 Å². The number of carbonyl (C=O) groups is 2. The van der Waals surface area contributed by atoms with Gasteiger partial charge in [-0.3, -0.25) is 14.9 Å². The smallest absolute Gasteiger partial charge is 0.338 e. The van der Waals surface area contributed by atoms with Crippen LogP contribution in [-0.4, -0.2) is 56.3 Å². The first-order valence-corrected chi connectivity index (χ1v) is 11.6. The Labute approximate surface area is 190 Å². The molecule has 2 aromatic rings. The van der Waals surface area contributed by atoms with E-state index in [0.717, 1.165) is 25.3 Å². The van der Waals surface area contributed by atoms with E-state index in [1.807, 2.05) is 0 Å². The third-order valence-corrected chi connectivity index (χ3v) is 6.92. The standard InChI is InChI=1S/C21H23N3O8S/c1-31-19-13-16(24(27)28)8-9-18(19)22-20(25)14-32-21(26)15-6-5-7-17(12-15)33(29,30)23-10-3-2-4-11-23/h5-9,12-13H,2-4,10-11,14H2,1H3,(H,22,25). The van der Waals surface area contributed by atoms with Crippen LogP contribution in [0.3, 0.4) is 0 Å². The van der Waals surface area contributed by atoms with Crippen molar-refractivity contribution in [3.05, 3.63) is 58.1 Å². The average molecular weight is 477 g/mol. The number of benzene rings is 2. The molecule has 1 fully saturated rings. The van der Waals surface area contributed by atoms with Gasteiger partial charge >= 0.3 is 5.97 Å². The number of carbonyl (C=O) groups excluding carboxylic acids is 2. The van der Waals surface area contributed by atoms with E-state index in [0.29, 0.717) is 13.1 Å². The van der Waals surface area contributed by atoms with Gasteiger partial charge in [0.15, 0.2) is 6.61 Å². The summed E-state index contributed by atoms with van der Waals surface area (Å²) in [6.07, 6.45) is 2.55. The summed E-state index contributed by atoms with van der Waals surface area (Å²) in [5.74, 6) is -1.50. The van der Waals surface area contributed by atoms with Crippen molar-refractivity contribution in [2.75, 3.05) is 32.1 Å². The van der Waals surface area contributed by atoms with Crippen molar-refractivity contribution in [1.82, 2.24) is 4.31 Å². The summed E-state index contributed by atoms with van der Waals surface area (Å²) in [5.41, 5.74) is -0.0526. The Balaban J connectivity index is 1.64. The molecule has 176 valence electrons. The van der Waals surface area contributed by atoms with Gasteiger partial charge in [0.1, 0.15) is 5.75 Å².